The number of aliphatic hydroxyl groups excluding tert-OH is 2. The van der Waals surface area contributed by atoms with E-state index in [0.29, 0.717) is 37.7 Å². The van der Waals surface area contributed by atoms with Crippen LogP contribution in [0.2, 0.25) is 0 Å². The number of nitrogens with zero attached hydrogens (tertiary/aromatic N) is 4. The number of hydrogen-bond donors (Lipinski definition) is 3. The molecule has 1 aliphatic rings. The Morgan fingerprint density at radius 3 is 1.74 bits per heavy atom. The summed E-state index contributed by atoms with van der Waals surface area (Å²) in [5.74, 6) is 1.28. The van der Waals surface area contributed by atoms with Gasteiger partial charge in [-0.15, -0.1) is 0 Å². The van der Waals surface area contributed by atoms with Crippen molar-refractivity contribution < 1.29 is 24.5 Å². The average Bonchev–Trinajstić information content (AvgIpc) is 3.26. The number of rotatable bonds is 20. The zero-order valence-electron chi connectivity index (χ0n) is 33.1. The van der Waals surface area contributed by atoms with Gasteiger partial charge in [-0.2, -0.15) is 0 Å². The first-order valence-corrected chi connectivity index (χ1v) is 20.6. The highest BCUT2D eigenvalue weighted by atomic mass is 16.5. The molecule has 1 fully saturated rings. The quantitative estimate of drug-likeness (QED) is 0.0800. The van der Waals surface area contributed by atoms with E-state index in [1.807, 2.05) is 72.8 Å². The van der Waals surface area contributed by atoms with Crippen molar-refractivity contribution in [3.63, 3.8) is 0 Å². The molecule has 1 saturated heterocycles. The fourth-order valence-corrected chi connectivity index (χ4v) is 7.94. The molecule has 10 nitrogen and oxygen atoms in total. The summed E-state index contributed by atoms with van der Waals surface area (Å²) in [6, 6.07) is 39.5. The minimum atomic E-state index is -0.838. The molecule has 2 aromatic heterocycles. The van der Waals surface area contributed by atoms with Crippen LogP contribution in [0.15, 0.2) is 134 Å². The van der Waals surface area contributed by atoms with Gasteiger partial charge in [0.05, 0.1) is 11.0 Å². The zero-order chi connectivity index (χ0) is 39.9. The summed E-state index contributed by atoms with van der Waals surface area (Å²) in [5, 5.41) is 27.8. The molecule has 6 aromatic rings. The fraction of sp³-hybridized carbons (Fsp3) is 0.354. The van der Waals surface area contributed by atoms with Crippen molar-refractivity contribution >= 4 is 27.7 Å². The number of carbonyl (C=O) groups excluding carboxylic acids is 1. The van der Waals surface area contributed by atoms with Crippen LogP contribution in [0.25, 0.3) is 21.8 Å². The lowest BCUT2D eigenvalue weighted by atomic mass is 9.98. The summed E-state index contributed by atoms with van der Waals surface area (Å²) in [6.07, 6.45) is 7.42. The van der Waals surface area contributed by atoms with Crippen molar-refractivity contribution in [3.05, 3.63) is 145 Å². The smallest absolute Gasteiger partial charge is 0.238 e. The lowest BCUT2D eigenvalue weighted by molar-refractivity contribution is -0.131. The second-order valence-electron chi connectivity index (χ2n) is 15.3. The molecule has 0 bridgehead atoms. The van der Waals surface area contributed by atoms with Crippen LogP contribution in [-0.4, -0.2) is 106 Å². The van der Waals surface area contributed by atoms with Gasteiger partial charge in [-0.1, -0.05) is 72.8 Å². The molecular weight excluding hydrogens is 727 g/mol. The number of piperazine rings is 1. The highest BCUT2D eigenvalue weighted by Gasteiger charge is 2.35. The topological polar surface area (TPSA) is 120 Å². The van der Waals surface area contributed by atoms with Crippen LogP contribution in [0.3, 0.4) is 0 Å². The highest BCUT2D eigenvalue weighted by Crippen LogP contribution is 2.25. The first-order valence-electron chi connectivity index (χ1n) is 20.6. The number of amides is 1. The van der Waals surface area contributed by atoms with Gasteiger partial charge in [0.1, 0.15) is 43.0 Å². The van der Waals surface area contributed by atoms with Gasteiger partial charge in [0.25, 0.3) is 0 Å². The van der Waals surface area contributed by atoms with Crippen molar-refractivity contribution in [1.29, 1.82) is 0 Å². The number of pyridine rings is 2. The van der Waals surface area contributed by atoms with Crippen LogP contribution < -0.4 is 14.8 Å². The lowest BCUT2D eigenvalue weighted by Gasteiger charge is -2.42. The molecular formula is C48H55N5O5. The van der Waals surface area contributed by atoms with Gasteiger partial charge in [0, 0.05) is 61.9 Å². The number of aryl methyl sites for hydroxylation is 2. The van der Waals surface area contributed by atoms with Crippen LogP contribution in [0, 0.1) is 0 Å². The van der Waals surface area contributed by atoms with E-state index < -0.39 is 18.2 Å². The summed E-state index contributed by atoms with van der Waals surface area (Å²) >= 11 is 0. The number of ether oxygens (including phenoxy) is 2. The van der Waals surface area contributed by atoms with Crippen LogP contribution in [0.4, 0.5) is 0 Å². The Morgan fingerprint density at radius 1 is 0.655 bits per heavy atom. The van der Waals surface area contributed by atoms with Crippen molar-refractivity contribution in [3.8, 4) is 11.5 Å². The number of β-amino-alcohol motifs (C(OH)–C–C–N with tert-alkyl or cyclic N) is 2. The molecule has 58 heavy (non-hydrogen) atoms. The second kappa shape index (κ2) is 20.9. The predicted octanol–water partition coefficient (Wildman–Crippen LogP) is 6.48. The standard InChI is InChI=1S/C48H55N5O5/c54-39(34-57-46-25-9-23-43-41(46)21-11-27-49-43)31-52-29-30-53(32-40(55)35-58-47-26-10-24-44-42(47)22-12-28-50-44)45(33-52)48(56)51-38(19-7-17-36-13-3-1-4-14-36)20-8-18-37-15-5-2-6-16-37/h1-6,9-16,21-28,38-40,45,54-55H,7-8,17-20,29-35H2,(H,51,56)/t39-,40-,45?/m1/s1. The van der Waals surface area contributed by atoms with Gasteiger partial charge in [0.2, 0.25) is 5.91 Å². The maximum atomic E-state index is 14.5. The molecule has 1 aliphatic heterocycles. The molecule has 302 valence electrons. The molecule has 1 unspecified atom stereocenters. The van der Waals surface area contributed by atoms with Crippen LogP contribution in [0.1, 0.15) is 36.8 Å². The Balaban J connectivity index is 1.01. The first-order chi connectivity index (χ1) is 28.5. The minimum Gasteiger partial charge on any atom is -0.490 e. The van der Waals surface area contributed by atoms with Crippen LogP contribution in [-0.2, 0) is 17.6 Å². The summed E-state index contributed by atoms with van der Waals surface area (Å²) < 4.78 is 12.2. The van der Waals surface area contributed by atoms with Gasteiger partial charge < -0.3 is 25.0 Å². The maximum absolute atomic E-state index is 14.5. The zero-order valence-corrected chi connectivity index (χ0v) is 33.1. The lowest BCUT2D eigenvalue weighted by Crippen LogP contribution is -2.62. The first kappa shape index (κ1) is 40.8. The molecule has 1 amide bonds. The number of benzene rings is 4. The highest BCUT2D eigenvalue weighted by molar-refractivity contribution is 5.85. The van der Waals surface area contributed by atoms with E-state index in [9.17, 15) is 15.0 Å². The third-order valence-electron chi connectivity index (χ3n) is 10.9. The van der Waals surface area contributed by atoms with E-state index in [2.05, 4.69) is 73.6 Å². The molecule has 3 heterocycles. The Labute approximate surface area is 341 Å². The number of aliphatic hydroxyl groups is 2. The number of aromatic nitrogens is 2. The second-order valence-corrected chi connectivity index (χ2v) is 15.3. The van der Waals surface area contributed by atoms with Gasteiger partial charge in [-0.05, 0) is 98.2 Å². The predicted molar refractivity (Wildman–Crippen MR) is 229 cm³/mol. The van der Waals surface area contributed by atoms with Crippen molar-refractivity contribution in [2.24, 2.45) is 0 Å². The molecule has 0 spiro atoms. The van der Waals surface area contributed by atoms with E-state index in [-0.39, 0.29) is 31.7 Å². The fourth-order valence-electron chi connectivity index (χ4n) is 7.94. The average molecular weight is 782 g/mol. The Hall–Kier alpha value is -5.39. The summed E-state index contributed by atoms with van der Waals surface area (Å²) in [5.41, 5.74) is 4.24. The summed E-state index contributed by atoms with van der Waals surface area (Å²) in [7, 11) is 0. The Morgan fingerprint density at radius 2 is 1.19 bits per heavy atom. The van der Waals surface area contributed by atoms with E-state index in [1.165, 1.54) is 11.1 Å². The Bertz CT molecular complexity index is 2120. The van der Waals surface area contributed by atoms with Gasteiger partial charge in [-0.25, -0.2) is 0 Å². The number of fused-ring (bicyclic) bond motifs is 2. The third-order valence-corrected chi connectivity index (χ3v) is 10.9. The number of carbonyl (C=O) groups is 1. The molecule has 0 aliphatic carbocycles. The molecule has 0 radical (unpaired) electrons. The largest absolute Gasteiger partial charge is 0.490 e. The van der Waals surface area contributed by atoms with Crippen LogP contribution >= 0.6 is 0 Å². The van der Waals surface area contributed by atoms with E-state index in [0.717, 1.165) is 60.3 Å². The van der Waals surface area contributed by atoms with Gasteiger partial charge in [-0.3, -0.25) is 24.6 Å². The number of nitrogens with one attached hydrogen (secondary N) is 1. The summed E-state index contributed by atoms with van der Waals surface area (Å²) in [6.45, 7) is 2.37. The third kappa shape index (κ3) is 11.6. The summed E-state index contributed by atoms with van der Waals surface area (Å²) in [4.78, 5) is 27.5. The molecule has 10 heteroatoms. The van der Waals surface area contributed by atoms with Crippen LogP contribution in [0.5, 0.6) is 11.5 Å². The molecule has 0 saturated carbocycles. The minimum absolute atomic E-state index is 0.000413. The monoisotopic (exact) mass is 781 g/mol. The molecule has 4 aromatic carbocycles. The van der Waals surface area contributed by atoms with Crippen molar-refractivity contribution in [2.75, 3.05) is 45.9 Å². The maximum Gasteiger partial charge on any atom is 0.238 e. The molecule has 7 rings (SSSR count). The van der Waals surface area contributed by atoms with E-state index in [1.54, 1.807) is 12.4 Å². The van der Waals surface area contributed by atoms with Gasteiger partial charge >= 0.3 is 0 Å². The van der Waals surface area contributed by atoms with E-state index >= 15 is 0 Å². The molecule has 3 atom stereocenters. The normalized spacial score (nSPS) is 16.0. The molecule has 3 N–H and O–H groups in total. The SMILES string of the molecule is O=C(NC(CCCc1ccccc1)CCCc1ccccc1)C1CN(C[C@@H](O)COc2cccc3ncccc23)CCN1C[C@@H](O)COc1cccc2ncccc12. The van der Waals surface area contributed by atoms with E-state index in [4.69, 9.17) is 9.47 Å². The Kier molecular flexibility index (Phi) is 14.7. The van der Waals surface area contributed by atoms with Gasteiger partial charge in [0.15, 0.2) is 0 Å². The number of hydrogen-bond acceptors (Lipinski definition) is 9. The van der Waals surface area contributed by atoms with Crippen molar-refractivity contribution in [1.82, 2.24) is 25.1 Å². The van der Waals surface area contributed by atoms with Crippen molar-refractivity contribution in [2.45, 2.75) is 62.8 Å².